The van der Waals surface area contributed by atoms with Gasteiger partial charge in [-0.3, -0.25) is 4.99 Å². The lowest BCUT2D eigenvalue weighted by atomic mass is 10.1. The zero-order valence-electron chi connectivity index (χ0n) is 13.3. The van der Waals surface area contributed by atoms with Crippen LogP contribution < -0.4 is 15.4 Å². The molecule has 3 N–H and O–H groups in total. The van der Waals surface area contributed by atoms with Gasteiger partial charge >= 0.3 is 0 Å². The van der Waals surface area contributed by atoms with E-state index in [4.69, 9.17) is 0 Å². The summed E-state index contributed by atoms with van der Waals surface area (Å²) in [6.07, 6.45) is 1.11. The number of aliphatic imine (C=N–C) groups is 1. The van der Waals surface area contributed by atoms with Crippen LogP contribution in [0.3, 0.4) is 0 Å². The number of rotatable bonds is 6. The minimum Gasteiger partial charge on any atom is -0.355 e. The molecule has 1 rings (SSSR count). The highest BCUT2D eigenvalue weighted by atomic mass is 32.2. The van der Waals surface area contributed by atoms with Crippen molar-refractivity contribution in [3.05, 3.63) is 35.1 Å². The highest BCUT2D eigenvalue weighted by Crippen LogP contribution is 2.16. The lowest BCUT2D eigenvalue weighted by Gasteiger charge is -2.18. The molecule has 0 aliphatic heterocycles. The molecular formula is C14H23FN4O2S. The van der Waals surface area contributed by atoms with Crippen LogP contribution in [0.4, 0.5) is 4.39 Å². The largest absolute Gasteiger partial charge is 0.355 e. The van der Waals surface area contributed by atoms with Crippen molar-refractivity contribution in [2.24, 2.45) is 4.99 Å². The summed E-state index contributed by atoms with van der Waals surface area (Å²) >= 11 is 0. The highest BCUT2D eigenvalue weighted by Gasteiger charge is 2.09. The van der Waals surface area contributed by atoms with E-state index in [2.05, 4.69) is 20.3 Å². The van der Waals surface area contributed by atoms with Crippen LogP contribution in [0.25, 0.3) is 0 Å². The number of nitrogens with one attached hydrogen (secondary N) is 3. The maximum atomic E-state index is 13.6. The number of halogens is 1. The number of nitrogens with zero attached hydrogens (tertiary/aromatic N) is 1. The zero-order valence-corrected chi connectivity index (χ0v) is 14.1. The molecule has 1 aromatic rings. The Balaban J connectivity index is 2.53. The number of hydrogen-bond acceptors (Lipinski definition) is 3. The molecule has 0 saturated heterocycles. The van der Waals surface area contributed by atoms with Gasteiger partial charge in [-0.1, -0.05) is 12.1 Å². The second kappa shape index (κ2) is 8.09. The van der Waals surface area contributed by atoms with Crippen LogP contribution in [0.2, 0.25) is 0 Å². The van der Waals surface area contributed by atoms with Crippen LogP contribution in [0, 0.1) is 12.7 Å². The van der Waals surface area contributed by atoms with E-state index in [1.54, 1.807) is 20.0 Å². The fourth-order valence-corrected chi connectivity index (χ4v) is 2.25. The predicted octanol–water partition coefficient (Wildman–Crippen LogP) is 0.909. The Morgan fingerprint density at radius 2 is 2.05 bits per heavy atom. The monoisotopic (exact) mass is 330 g/mol. The van der Waals surface area contributed by atoms with Crippen LogP contribution >= 0.6 is 0 Å². The molecule has 8 heteroatoms. The molecule has 1 aromatic carbocycles. The molecule has 0 amide bonds. The van der Waals surface area contributed by atoms with Gasteiger partial charge in [-0.05, 0) is 31.0 Å². The fraction of sp³-hybridized carbons (Fsp3) is 0.500. The van der Waals surface area contributed by atoms with Crippen molar-refractivity contribution in [1.29, 1.82) is 0 Å². The van der Waals surface area contributed by atoms with Crippen molar-refractivity contribution in [2.45, 2.75) is 19.9 Å². The van der Waals surface area contributed by atoms with E-state index >= 15 is 0 Å². The van der Waals surface area contributed by atoms with Gasteiger partial charge in [-0.25, -0.2) is 17.5 Å². The number of aryl methyl sites for hydroxylation is 1. The number of benzene rings is 1. The molecule has 6 nitrogen and oxygen atoms in total. The summed E-state index contributed by atoms with van der Waals surface area (Å²) in [7, 11) is -1.58. The quantitative estimate of drug-likeness (QED) is 0.411. The summed E-state index contributed by atoms with van der Waals surface area (Å²) in [5.41, 5.74) is 1.41. The van der Waals surface area contributed by atoms with Gasteiger partial charge in [0.15, 0.2) is 5.96 Å². The Labute approximate surface area is 131 Å². The maximum absolute atomic E-state index is 13.6. The second-order valence-electron chi connectivity index (χ2n) is 5.04. The molecule has 0 saturated carbocycles. The van der Waals surface area contributed by atoms with Crippen LogP contribution in [-0.4, -0.2) is 40.8 Å². The first kappa shape index (κ1) is 18.4. The smallest absolute Gasteiger partial charge is 0.208 e. The van der Waals surface area contributed by atoms with Crippen LogP contribution in [0.1, 0.15) is 24.1 Å². The van der Waals surface area contributed by atoms with Crippen molar-refractivity contribution >= 4 is 16.0 Å². The Kier molecular flexibility index (Phi) is 6.76. The van der Waals surface area contributed by atoms with Gasteiger partial charge in [0.2, 0.25) is 10.0 Å². The molecule has 22 heavy (non-hydrogen) atoms. The molecule has 0 radical (unpaired) electrons. The molecule has 0 bridgehead atoms. The molecule has 0 aliphatic carbocycles. The molecule has 0 aromatic heterocycles. The molecule has 1 unspecified atom stereocenters. The van der Waals surface area contributed by atoms with Crippen molar-refractivity contribution in [1.82, 2.24) is 15.4 Å². The van der Waals surface area contributed by atoms with Gasteiger partial charge in [0.1, 0.15) is 5.82 Å². The Morgan fingerprint density at radius 3 is 2.59 bits per heavy atom. The third kappa shape index (κ3) is 6.40. The fourth-order valence-electron chi connectivity index (χ4n) is 1.78. The summed E-state index contributed by atoms with van der Waals surface area (Å²) in [5.74, 6) is 0.273. The summed E-state index contributed by atoms with van der Waals surface area (Å²) in [5, 5.41) is 6.11. The highest BCUT2D eigenvalue weighted by molar-refractivity contribution is 7.88. The van der Waals surface area contributed by atoms with Crippen molar-refractivity contribution in [3.63, 3.8) is 0 Å². The average molecular weight is 330 g/mol. The van der Waals surface area contributed by atoms with E-state index < -0.39 is 10.0 Å². The molecule has 0 fully saturated rings. The topological polar surface area (TPSA) is 82.6 Å². The normalized spacial score (nSPS) is 13.8. The summed E-state index contributed by atoms with van der Waals surface area (Å²) in [4.78, 5) is 4.05. The lowest BCUT2D eigenvalue weighted by molar-refractivity contribution is 0.586. The van der Waals surface area contributed by atoms with E-state index in [1.807, 2.05) is 13.0 Å². The van der Waals surface area contributed by atoms with Gasteiger partial charge in [0.05, 0.1) is 12.3 Å². The lowest BCUT2D eigenvalue weighted by Crippen LogP contribution is -2.42. The first-order valence-electron chi connectivity index (χ1n) is 6.91. The number of sulfonamides is 1. The molecule has 0 aliphatic rings. The van der Waals surface area contributed by atoms with Gasteiger partial charge < -0.3 is 10.6 Å². The molecule has 0 spiro atoms. The Hall–Kier alpha value is -1.67. The zero-order chi connectivity index (χ0) is 16.8. The third-order valence-corrected chi connectivity index (χ3v) is 3.78. The van der Waals surface area contributed by atoms with Crippen LogP contribution in [0.15, 0.2) is 23.2 Å². The maximum Gasteiger partial charge on any atom is 0.208 e. The third-order valence-electron chi connectivity index (χ3n) is 3.05. The first-order valence-corrected chi connectivity index (χ1v) is 8.80. The minimum atomic E-state index is -3.20. The molecule has 1 atom stereocenters. The summed E-state index contributed by atoms with van der Waals surface area (Å²) in [6, 6.07) is 4.94. The first-order chi connectivity index (χ1) is 10.2. The number of guanidine groups is 1. The van der Waals surface area contributed by atoms with Gasteiger partial charge in [0, 0.05) is 20.1 Å². The van der Waals surface area contributed by atoms with E-state index in [0.717, 1.165) is 11.8 Å². The van der Waals surface area contributed by atoms with E-state index in [-0.39, 0.29) is 18.4 Å². The standard InChI is InChI=1S/C14H23FN4O2S/c1-10-5-6-12(9-13(10)15)11(2)19-14(16-3)17-7-8-18-22(4,20)21/h5-6,9,11,18H,7-8H2,1-4H3,(H2,16,17,19). The number of hydrogen-bond donors (Lipinski definition) is 3. The second-order valence-corrected chi connectivity index (χ2v) is 6.87. The summed E-state index contributed by atoms with van der Waals surface area (Å²) < 4.78 is 37.9. The van der Waals surface area contributed by atoms with E-state index in [9.17, 15) is 12.8 Å². The van der Waals surface area contributed by atoms with E-state index in [1.165, 1.54) is 6.07 Å². The SMILES string of the molecule is CN=C(NCCNS(C)(=O)=O)NC(C)c1ccc(C)c(F)c1. The van der Waals surface area contributed by atoms with Gasteiger partial charge in [-0.2, -0.15) is 0 Å². The van der Waals surface area contributed by atoms with Crippen molar-refractivity contribution < 1.29 is 12.8 Å². The predicted molar refractivity (Wildman–Crippen MR) is 86.9 cm³/mol. The molecular weight excluding hydrogens is 307 g/mol. The molecule has 124 valence electrons. The van der Waals surface area contributed by atoms with Crippen LogP contribution in [-0.2, 0) is 10.0 Å². The van der Waals surface area contributed by atoms with Crippen LogP contribution in [0.5, 0.6) is 0 Å². The van der Waals surface area contributed by atoms with Gasteiger partial charge in [0.25, 0.3) is 0 Å². The van der Waals surface area contributed by atoms with Crippen molar-refractivity contribution in [3.8, 4) is 0 Å². The average Bonchev–Trinajstić information content (AvgIpc) is 2.43. The Bertz CT molecular complexity index is 632. The van der Waals surface area contributed by atoms with Gasteiger partial charge in [-0.15, -0.1) is 0 Å². The Morgan fingerprint density at radius 1 is 1.36 bits per heavy atom. The summed E-state index contributed by atoms with van der Waals surface area (Å²) in [6.45, 7) is 4.26. The molecule has 0 heterocycles. The minimum absolute atomic E-state index is 0.135. The van der Waals surface area contributed by atoms with E-state index in [0.29, 0.717) is 18.1 Å². The van der Waals surface area contributed by atoms with Crippen molar-refractivity contribution in [2.75, 3.05) is 26.4 Å².